The minimum Gasteiger partial charge on any atom is -0.497 e. The number of ether oxygens (including phenoxy) is 1. The molecule has 0 unspecified atom stereocenters. The smallest absolute Gasteiger partial charge is 0.118 e. The number of rotatable bonds is 2. The van der Waals surface area contributed by atoms with Gasteiger partial charge in [-0.2, -0.15) is 0 Å². The van der Waals surface area contributed by atoms with Crippen molar-refractivity contribution in [3.8, 4) is 5.75 Å². The summed E-state index contributed by atoms with van der Waals surface area (Å²) in [5, 5.41) is 9.18. The largest absolute Gasteiger partial charge is 0.497 e. The maximum atomic E-state index is 9.18. The van der Waals surface area contributed by atoms with E-state index >= 15 is 0 Å². The van der Waals surface area contributed by atoms with Crippen molar-refractivity contribution in [3.63, 3.8) is 0 Å². The normalized spacial score (nSPS) is 26.8. The van der Waals surface area contributed by atoms with Gasteiger partial charge in [0.25, 0.3) is 0 Å². The number of aliphatic hydroxyl groups is 1. The first-order valence-corrected chi connectivity index (χ1v) is 4.13. The molecule has 64 valence electrons. The minimum absolute atomic E-state index is 0.113. The van der Waals surface area contributed by atoms with Gasteiger partial charge in [-0.25, -0.2) is 0 Å². The highest BCUT2D eigenvalue weighted by atomic mass is 16.5. The Kier molecular flexibility index (Phi) is 1.77. The lowest BCUT2D eigenvalue weighted by Gasteiger charge is -2.00. The summed E-state index contributed by atoms with van der Waals surface area (Å²) in [5.41, 5.74) is 1.21. The fraction of sp³-hybridized carbons (Fsp3) is 0.400. The van der Waals surface area contributed by atoms with E-state index in [-0.39, 0.29) is 6.10 Å². The molecule has 0 heterocycles. The van der Waals surface area contributed by atoms with Gasteiger partial charge in [-0.1, -0.05) is 12.1 Å². The fourth-order valence-electron chi connectivity index (χ4n) is 1.39. The molecular formula is C10H12O2. The molecule has 0 spiro atoms. The standard InChI is InChI=1S/C10H12O2/c1-12-8-4-2-7(3-5-8)9-6-10(9)11/h2-5,9-11H,6H2,1H3/t9-,10+/m0/s1. The van der Waals surface area contributed by atoms with Gasteiger partial charge in [0.2, 0.25) is 0 Å². The van der Waals surface area contributed by atoms with Crippen LogP contribution in [0.3, 0.4) is 0 Å². The predicted molar refractivity (Wildman–Crippen MR) is 46.4 cm³/mol. The van der Waals surface area contributed by atoms with E-state index in [9.17, 15) is 5.11 Å². The van der Waals surface area contributed by atoms with Crippen LogP contribution in [0.2, 0.25) is 0 Å². The topological polar surface area (TPSA) is 29.5 Å². The Morgan fingerprint density at radius 2 is 1.92 bits per heavy atom. The molecule has 2 atom stereocenters. The van der Waals surface area contributed by atoms with Gasteiger partial charge in [-0.15, -0.1) is 0 Å². The van der Waals surface area contributed by atoms with Crippen molar-refractivity contribution >= 4 is 0 Å². The van der Waals surface area contributed by atoms with Gasteiger partial charge in [0.05, 0.1) is 13.2 Å². The first-order chi connectivity index (χ1) is 5.81. The Labute approximate surface area is 71.8 Å². The van der Waals surface area contributed by atoms with E-state index in [4.69, 9.17) is 4.74 Å². The third kappa shape index (κ3) is 1.30. The summed E-state index contributed by atoms with van der Waals surface area (Å²) in [6.07, 6.45) is 0.796. The van der Waals surface area contributed by atoms with Crippen LogP contribution in [0.15, 0.2) is 24.3 Å². The average molecular weight is 164 g/mol. The Balaban J connectivity index is 2.14. The number of hydrogen-bond donors (Lipinski definition) is 1. The Morgan fingerprint density at radius 3 is 2.33 bits per heavy atom. The van der Waals surface area contributed by atoms with Crippen LogP contribution in [0.5, 0.6) is 5.75 Å². The second-order valence-corrected chi connectivity index (χ2v) is 3.18. The first kappa shape index (κ1) is 7.62. The molecule has 1 saturated carbocycles. The van der Waals surface area contributed by atoms with Crippen molar-refractivity contribution < 1.29 is 9.84 Å². The van der Waals surface area contributed by atoms with Gasteiger partial charge in [0.15, 0.2) is 0 Å². The molecule has 1 aromatic rings. The van der Waals surface area contributed by atoms with Crippen molar-refractivity contribution in [2.45, 2.75) is 18.4 Å². The number of benzene rings is 1. The highest BCUT2D eigenvalue weighted by molar-refractivity contribution is 5.32. The van der Waals surface area contributed by atoms with E-state index in [1.807, 2.05) is 24.3 Å². The van der Waals surface area contributed by atoms with Crippen LogP contribution in [-0.2, 0) is 0 Å². The Morgan fingerprint density at radius 1 is 1.33 bits per heavy atom. The Hall–Kier alpha value is -1.02. The van der Waals surface area contributed by atoms with E-state index in [0.29, 0.717) is 5.92 Å². The van der Waals surface area contributed by atoms with E-state index in [1.165, 1.54) is 5.56 Å². The molecular weight excluding hydrogens is 152 g/mol. The fourth-order valence-corrected chi connectivity index (χ4v) is 1.39. The van der Waals surface area contributed by atoms with Crippen LogP contribution in [-0.4, -0.2) is 18.3 Å². The molecule has 1 aliphatic carbocycles. The van der Waals surface area contributed by atoms with Crippen molar-refractivity contribution in [1.29, 1.82) is 0 Å². The molecule has 2 rings (SSSR count). The molecule has 1 N–H and O–H groups in total. The second kappa shape index (κ2) is 2.79. The average Bonchev–Trinajstić information content (AvgIpc) is 2.83. The molecule has 0 aromatic heterocycles. The molecule has 1 aromatic carbocycles. The van der Waals surface area contributed by atoms with Crippen LogP contribution < -0.4 is 4.74 Å². The molecule has 1 fully saturated rings. The third-order valence-electron chi connectivity index (χ3n) is 2.30. The summed E-state index contributed by atoms with van der Waals surface area (Å²) in [6.45, 7) is 0. The molecule has 2 heteroatoms. The Bertz CT molecular complexity index is 266. The molecule has 0 saturated heterocycles. The lowest BCUT2D eigenvalue weighted by molar-refractivity contribution is 0.271. The van der Waals surface area contributed by atoms with Gasteiger partial charge >= 0.3 is 0 Å². The van der Waals surface area contributed by atoms with E-state index < -0.39 is 0 Å². The summed E-state index contributed by atoms with van der Waals surface area (Å²) in [6, 6.07) is 7.89. The van der Waals surface area contributed by atoms with Gasteiger partial charge < -0.3 is 9.84 Å². The second-order valence-electron chi connectivity index (χ2n) is 3.18. The van der Waals surface area contributed by atoms with Crippen LogP contribution >= 0.6 is 0 Å². The van der Waals surface area contributed by atoms with E-state index in [2.05, 4.69) is 0 Å². The maximum absolute atomic E-state index is 9.18. The molecule has 2 nitrogen and oxygen atoms in total. The van der Waals surface area contributed by atoms with Gasteiger partial charge in [0.1, 0.15) is 5.75 Å². The molecule has 0 radical (unpaired) electrons. The van der Waals surface area contributed by atoms with Crippen molar-refractivity contribution in [2.75, 3.05) is 7.11 Å². The molecule has 12 heavy (non-hydrogen) atoms. The zero-order valence-electron chi connectivity index (χ0n) is 7.03. The van der Waals surface area contributed by atoms with Crippen molar-refractivity contribution in [2.24, 2.45) is 0 Å². The lowest BCUT2D eigenvalue weighted by Crippen LogP contribution is -1.87. The van der Waals surface area contributed by atoms with Crippen LogP contribution in [0, 0.1) is 0 Å². The molecule has 0 bridgehead atoms. The van der Waals surface area contributed by atoms with E-state index in [1.54, 1.807) is 7.11 Å². The summed E-state index contributed by atoms with van der Waals surface area (Å²) in [4.78, 5) is 0. The van der Waals surface area contributed by atoms with Crippen LogP contribution in [0.4, 0.5) is 0 Å². The van der Waals surface area contributed by atoms with Crippen molar-refractivity contribution in [3.05, 3.63) is 29.8 Å². The predicted octanol–water partition coefficient (Wildman–Crippen LogP) is 1.54. The van der Waals surface area contributed by atoms with Crippen LogP contribution in [0.25, 0.3) is 0 Å². The number of aliphatic hydroxyl groups excluding tert-OH is 1. The highest BCUT2D eigenvalue weighted by Crippen LogP contribution is 2.40. The third-order valence-corrected chi connectivity index (χ3v) is 2.30. The van der Waals surface area contributed by atoms with E-state index in [0.717, 1.165) is 12.2 Å². The zero-order valence-corrected chi connectivity index (χ0v) is 7.03. The summed E-state index contributed by atoms with van der Waals surface area (Å²) in [5.74, 6) is 1.24. The van der Waals surface area contributed by atoms with Gasteiger partial charge in [0, 0.05) is 5.92 Å². The van der Waals surface area contributed by atoms with Gasteiger partial charge in [-0.05, 0) is 24.1 Å². The lowest BCUT2D eigenvalue weighted by atomic mass is 10.1. The highest BCUT2D eigenvalue weighted by Gasteiger charge is 2.36. The zero-order chi connectivity index (χ0) is 8.55. The minimum atomic E-state index is -0.113. The van der Waals surface area contributed by atoms with Crippen molar-refractivity contribution in [1.82, 2.24) is 0 Å². The quantitative estimate of drug-likeness (QED) is 0.718. The number of methoxy groups -OCH3 is 1. The summed E-state index contributed by atoms with van der Waals surface area (Å²) < 4.78 is 5.03. The molecule has 1 aliphatic rings. The molecule has 0 amide bonds. The first-order valence-electron chi connectivity index (χ1n) is 4.13. The summed E-state index contributed by atoms with van der Waals surface area (Å²) in [7, 11) is 1.65. The van der Waals surface area contributed by atoms with Crippen LogP contribution in [0.1, 0.15) is 17.9 Å². The SMILES string of the molecule is COc1ccc([C@@H]2C[C@H]2O)cc1. The molecule has 0 aliphatic heterocycles. The number of hydrogen-bond acceptors (Lipinski definition) is 2. The van der Waals surface area contributed by atoms with Gasteiger partial charge in [-0.3, -0.25) is 0 Å². The maximum Gasteiger partial charge on any atom is 0.118 e. The monoisotopic (exact) mass is 164 g/mol. The summed E-state index contributed by atoms with van der Waals surface area (Å²) >= 11 is 0.